The number of aliphatic hydroxyl groups is 1. The maximum absolute atomic E-state index is 12.1. The van der Waals surface area contributed by atoms with Gasteiger partial charge in [0.1, 0.15) is 11.9 Å². The van der Waals surface area contributed by atoms with Crippen molar-refractivity contribution in [2.24, 2.45) is 0 Å². The number of aliphatic hydroxyl groups excluding tert-OH is 1. The van der Waals surface area contributed by atoms with Crippen molar-refractivity contribution in [1.82, 2.24) is 4.98 Å². The van der Waals surface area contributed by atoms with E-state index in [1.165, 1.54) is 42.5 Å². The molecule has 9 heteroatoms. The van der Waals surface area contributed by atoms with Gasteiger partial charge >= 0.3 is 5.97 Å². The van der Waals surface area contributed by atoms with E-state index in [1.807, 2.05) is 0 Å². The molecular weight excluding hydrogens is 352 g/mol. The van der Waals surface area contributed by atoms with E-state index in [2.05, 4.69) is 10.3 Å². The Bertz CT molecular complexity index is 755. The number of carbonyl (C=O) groups is 2. The van der Waals surface area contributed by atoms with Crippen molar-refractivity contribution in [3.05, 3.63) is 40.9 Å². The normalized spacial score (nSPS) is 13.1. The van der Waals surface area contributed by atoms with Crippen LogP contribution in [0.15, 0.2) is 29.6 Å². The smallest absolute Gasteiger partial charge is 0.340 e. The van der Waals surface area contributed by atoms with Crippen LogP contribution in [0.25, 0.3) is 0 Å². The summed E-state index contributed by atoms with van der Waals surface area (Å²) >= 11 is 1.25. The van der Waals surface area contributed by atoms with Gasteiger partial charge in [-0.05, 0) is 31.2 Å². The number of benzene rings is 1. The first-order valence-corrected chi connectivity index (χ1v) is 9.51. The third-order valence-electron chi connectivity index (χ3n) is 2.80. The fraction of sp³-hybridized carbons (Fsp3) is 0.267. The molecule has 0 aliphatic carbocycles. The average molecular weight is 368 g/mol. The molecule has 1 heterocycles. The van der Waals surface area contributed by atoms with Crippen LogP contribution >= 0.6 is 11.3 Å². The van der Waals surface area contributed by atoms with Gasteiger partial charge in [-0.1, -0.05) is 0 Å². The van der Waals surface area contributed by atoms with Crippen molar-refractivity contribution < 1.29 is 23.6 Å². The summed E-state index contributed by atoms with van der Waals surface area (Å²) in [5.74, 6) is -0.549. The van der Waals surface area contributed by atoms with E-state index < -0.39 is 22.9 Å². The van der Waals surface area contributed by atoms with Crippen molar-refractivity contribution in [2.75, 3.05) is 11.6 Å². The number of nitrogens with one attached hydrogen (secondary N) is 1. The Morgan fingerprint density at radius 2 is 2.04 bits per heavy atom. The molecule has 0 radical (unpaired) electrons. The SMILES string of the molecule is CC(O)C(=O)Oc1ccc(C(=O)Nc2nc(CS(C)=O)cs2)cc1. The fourth-order valence-electron chi connectivity index (χ4n) is 1.68. The molecule has 0 spiro atoms. The van der Waals surface area contributed by atoms with Crippen LogP contribution in [-0.4, -0.2) is 38.5 Å². The number of esters is 1. The van der Waals surface area contributed by atoms with Crippen molar-refractivity contribution in [1.29, 1.82) is 0 Å². The van der Waals surface area contributed by atoms with Gasteiger partial charge in [0, 0.05) is 28.0 Å². The minimum absolute atomic E-state index is 0.236. The molecule has 2 aromatic rings. The lowest BCUT2D eigenvalue weighted by molar-refractivity contribution is -0.142. The standard InChI is InChI=1S/C15H16N2O5S2/c1-9(18)14(20)22-12-5-3-10(4-6-12)13(19)17-15-16-11(7-23-15)8-24(2)21/h3-7,9,18H,8H2,1-2H3,(H,16,17,19). The van der Waals surface area contributed by atoms with Gasteiger partial charge in [-0.15, -0.1) is 11.3 Å². The van der Waals surface area contributed by atoms with E-state index in [1.54, 1.807) is 11.6 Å². The van der Waals surface area contributed by atoms with E-state index in [0.717, 1.165) is 0 Å². The first-order valence-electron chi connectivity index (χ1n) is 6.90. The van der Waals surface area contributed by atoms with Gasteiger partial charge in [0.15, 0.2) is 5.13 Å². The molecule has 1 amide bonds. The van der Waals surface area contributed by atoms with Crippen molar-refractivity contribution in [2.45, 2.75) is 18.8 Å². The summed E-state index contributed by atoms with van der Waals surface area (Å²) in [7, 11) is -0.991. The van der Waals surface area contributed by atoms with Crippen molar-refractivity contribution >= 4 is 39.1 Å². The molecule has 1 aromatic heterocycles. The zero-order valence-electron chi connectivity index (χ0n) is 13.0. The lowest BCUT2D eigenvalue weighted by Crippen LogP contribution is -2.22. The van der Waals surface area contributed by atoms with Gasteiger partial charge in [0.25, 0.3) is 5.91 Å². The Morgan fingerprint density at radius 1 is 1.38 bits per heavy atom. The molecule has 0 bridgehead atoms. The summed E-state index contributed by atoms with van der Waals surface area (Å²) in [4.78, 5) is 27.6. The summed E-state index contributed by atoms with van der Waals surface area (Å²) in [6, 6.07) is 5.91. The van der Waals surface area contributed by atoms with Crippen LogP contribution in [0, 0.1) is 0 Å². The molecule has 128 valence electrons. The molecule has 2 N–H and O–H groups in total. The van der Waals surface area contributed by atoms with E-state index in [4.69, 9.17) is 9.84 Å². The second-order valence-corrected chi connectivity index (χ2v) is 7.23. The second kappa shape index (κ2) is 8.13. The highest BCUT2D eigenvalue weighted by atomic mass is 32.2. The number of carbonyl (C=O) groups excluding carboxylic acids is 2. The van der Waals surface area contributed by atoms with Crippen LogP contribution in [0.1, 0.15) is 23.0 Å². The lowest BCUT2D eigenvalue weighted by atomic mass is 10.2. The molecule has 0 saturated heterocycles. The van der Waals surface area contributed by atoms with E-state index in [-0.39, 0.29) is 11.7 Å². The molecule has 1 aromatic carbocycles. The highest BCUT2D eigenvalue weighted by Gasteiger charge is 2.13. The molecule has 24 heavy (non-hydrogen) atoms. The number of aromatic nitrogens is 1. The number of hydrogen-bond acceptors (Lipinski definition) is 7. The minimum atomic E-state index is -1.22. The van der Waals surface area contributed by atoms with Gasteiger partial charge in [0.05, 0.1) is 11.4 Å². The molecule has 2 atom stereocenters. The number of ether oxygens (including phenoxy) is 1. The van der Waals surface area contributed by atoms with Crippen molar-refractivity contribution in [3.63, 3.8) is 0 Å². The molecule has 0 fully saturated rings. The number of anilines is 1. The number of hydrogen-bond donors (Lipinski definition) is 2. The van der Waals surface area contributed by atoms with Gasteiger partial charge in [-0.3, -0.25) is 14.3 Å². The quantitative estimate of drug-likeness (QED) is 0.592. The van der Waals surface area contributed by atoms with E-state index >= 15 is 0 Å². The molecule has 0 saturated carbocycles. The van der Waals surface area contributed by atoms with E-state index in [0.29, 0.717) is 22.1 Å². The highest BCUT2D eigenvalue weighted by Crippen LogP contribution is 2.18. The summed E-state index contributed by atoms with van der Waals surface area (Å²) in [6.45, 7) is 1.31. The minimum Gasteiger partial charge on any atom is -0.425 e. The molecule has 0 aliphatic heterocycles. The van der Waals surface area contributed by atoms with Gasteiger partial charge in [-0.25, -0.2) is 9.78 Å². The summed E-state index contributed by atoms with van der Waals surface area (Å²) in [5, 5.41) is 13.9. The number of amides is 1. The Morgan fingerprint density at radius 3 is 2.62 bits per heavy atom. The third kappa shape index (κ3) is 5.22. The predicted molar refractivity (Wildman–Crippen MR) is 91.6 cm³/mol. The topological polar surface area (TPSA) is 106 Å². The van der Waals surface area contributed by atoms with Crippen LogP contribution in [-0.2, 0) is 21.3 Å². The Kier molecular flexibility index (Phi) is 6.18. The zero-order valence-corrected chi connectivity index (χ0v) is 14.6. The lowest BCUT2D eigenvalue weighted by Gasteiger charge is -2.07. The predicted octanol–water partition coefficient (Wildman–Crippen LogP) is 1.56. The van der Waals surface area contributed by atoms with Gasteiger partial charge in [-0.2, -0.15) is 0 Å². The Hall–Kier alpha value is -2.10. The molecule has 0 aliphatic rings. The summed E-state index contributed by atoms with van der Waals surface area (Å²) in [6.07, 6.45) is 0.369. The Balaban J connectivity index is 1.98. The average Bonchev–Trinajstić information content (AvgIpc) is 2.94. The largest absolute Gasteiger partial charge is 0.425 e. The van der Waals surface area contributed by atoms with Crippen LogP contribution in [0.3, 0.4) is 0 Å². The number of thiazole rings is 1. The summed E-state index contributed by atoms with van der Waals surface area (Å²) in [5.41, 5.74) is 1.03. The van der Waals surface area contributed by atoms with Crippen LogP contribution < -0.4 is 10.1 Å². The van der Waals surface area contributed by atoms with Crippen LogP contribution in [0.5, 0.6) is 5.75 Å². The highest BCUT2D eigenvalue weighted by molar-refractivity contribution is 7.83. The maximum atomic E-state index is 12.1. The van der Waals surface area contributed by atoms with Crippen molar-refractivity contribution in [3.8, 4) is 5.75 Å². The van der Waals surface area contributed by atoms with Crippen LogP contribution in [0.4, 0.5) is 5.13 Å². The van der Waals surface area contributed by atoms with Gasteiger partial charge in [0.2, 0.25) is 0 Å². The first-order chi connectivity index (χ1) is 11.3. The zero-order chi connectivity index (χ0) is 17.7. The third-order valence-corrected chi connectivity index (χ3v) is 4.31. The fourth-order valence-corrected chi connectivity index (χ4v) is 3.06. The first kappa shape index (κ1) is 18.2. The molecule has 2 rings (SSSR count). The van der Waals surface area contributed by atoms with Crippen LogP contribution in [0.2, 0.25) is 0 Å². The second-order valence-electron chi connectivity index (χ2n) is 4.94. The Labute approximate surface area is 145 Å². The molecule has 2 unspecified atom stereocenters. The number of nitrogens with zero attached hydrogens (tertiary/aromatic N) is 1. The summed E-state index contributed by atoms with van der Waals surface area (Å²) < 4.78 is 16.1. The number of rotatable bonds is 6. The monoisotopic (exact) mass is 368 g/mol. The van der Waals surface area contributed by atoms with Gasteiger partial charge < -0.3 is 9.84 Å². The molecular formula is C15H16N2O5S2. The molecule has 7 nitrogen and oxygen atoms in total. The van der Waals surface area contributed by atoms with E-state index in [9.17, 15) is 13.8 Å². The maximum Gasteiger partial charge on any atom is 0.340 e.